The molecule has 0 aliphatic carbocycles. The van der Waals surface area contributed by atoms with Gasteiger partial charge >= 0.3 is 0 Å². The van der Waals surface area contributed by atoms with E-state index in [1.54, 1.807) is 14.1 Å². The summed E-state index contributed by atoms with van der Waals surface area (Å²) in [5, 5.41) is 6.05. The lowest BCUT2D eigenvalue weighted by Crippen LogP contribution is -2.41. The Morgan fingerprint density at radius 2 is 2.12 bits per heavy atom. The molecule has 1 aliphatic rings. The fourth-order valence-electron chi connectivity index (χ4n) is 1.05. The largest absolute Gasteiger partial charge is 0.347 e. The summed E-state index contributed by atoms with van der Waals surface area (Å²) in [7, 11) is 3.21. The van der Waals surface area contributed by atoms with Crippen molar-refractivity contribution in [3.8, 4) is 0 Å². The number of hydrazone groups is 1. The van der Waals surface area contributed by atoms with Gasteiger partial charge in [0.1, 0.15) is 5.71 Å². The second-order valence-electron chi connectivity index (χ2n) is 3.56. The number of nitrogens with zero attached hydrogens (tertiary/aromatic N) is 2. The summed E-state index contributed by atoms with van der Waals surface area (Å²) in [5.74, 6) is -0.829. The molecule has 0 fully saturated rings. The topological polar surface area (TPSA) is 90.9 Å². The molecule has 2 N–H and O–H groups in total. The first-order chi connectivity index (χ1) is 7.50. The van der Waals surface area contributed by atoms with Crippen LogP contribution in [0.25, 0.3) is 0 Å². The highest BCUT2D eigenvalue weighted by Crippen LogP contribution is 1.99. The number of likely N-dealkylation sites (N-methyl/N-ethyl adjacent to an activating group) is 1. The Bertz CT molecular complexity index is 349. The zero-order valence-corrected chi connectivity index (χ0v) is 9.24. The third kappa shape index (κ3) is 3.34. The van der Waals surface area contributed by atoms with E-state index >= 15 is 0 Å². The molecule has 0 aromatic rings. The van der Waals surface area contributed by atoms with E-state index in [1.165, 1.54) is 4.90 Å². The predicted molar refractivity (Wildman–Crippen MR) is 56.5 cm³/mol. The third-order valence-corrected chi connectivity index (χ3v) is 2.07. The summed E-state index contributed by atoms with van der Waals surface area (Å²) >= 11 is 0. The lowest BCUT2D eigenvalue weighted by Gasteiger charge is -2.13. The number of amides is 3. The van der Waals surface area contributed by atoms with E-state index in [0.29, 0.717) is 6.42 Å². The Morgan fingerprint density at radius 3 is 2.62 bits per heavy atom. The van der Waals surface area contributed by atoms with Crippen molar-refractivity contribution in [2.75, 3.05) is 20.6 Å². The standard InChI is InChI=1S/C9H14N4O3/c1-13(2)8(15)5-10-9(16)6-3-4-7(14)12-11-6/h3-5H2,1-2H3,(H,10,16)(H,12,14). The molecular weight excluding hydrogens is 212 g/mol. The molecule has 0 bridgehead atoms. The van der Waals surface area contributed by atoms with Gasteiger partial charge in [0.15, 0.2) is 0 Å². The smallest absolute Gasteiger partial charge is 0.267 e. The molecule has 0 saturated carbocycles. The van der Waals surface area contributed by atoms with Crippen molar-refractivity contribution < 1.29 is 14.4 Å². The molecule has 1 heterocycles. The van der Waals surface area contributed by atoms with Gasteiger partial charge in [-0.15, -0.1) is 0 Å². The van der Waals surface area contributed by atoms with E-state index in [0.717, 1.165) is 0 Å². The first-order valence-electron chi connectivity index (χ1n) is 4.84. The Hall–Kier alpha value is -1.92. The molecular formula is C9H14N4O3. The molecule has 0 aromatic heterocycles. The van der Waals surface area contributed by atoms with Crippen LogP contribution in [-0.4, -0.2) is 49.0 Å². The van der Waals surface area contributed by atoms with Crippen molar-refractivity contribution in [1.82, 2.24) is 15.6 Å². The Labute approximate surface area is 92.9 Å². The van der Waals surface area contributed by atoms with Crippen LogP contribution < -0.4 is 10.7 Å². The first-order valence-corrected chi connectivity index (χ1v) is 4.84. The first kappa shape index (κ1) is 12.2. The summed E-state index contributed by atoms with van der Waals surface area (Å²) in [6.07, 6.45) is 0.543. The van der Waals surface area contributed by atoms with Crippen LogP contribution in [-0.2, 0) is 14.4 Å². The van der Waals surface area contributed by atoms with Gasteiger partial charge in [0.2, 0.25) is 11.8 Å². The predicted octanol–water partition coefficient (Wildman–Crippen LogP) is -1.54. The van der Waals surface area contributed by atoms with Crippen LogP contribution in [0.2, 0.25) is 0 Å². The number of hydrogen-bond acceptors (Lipinski definition) is 4. The highest BCUT2D eigenvalue weighted by Gasteiger charge is 2.18. The van der Waals surface area contributed by atoms with Gasteiger partial charge in [-0.25, -0.2) is 5.43 Å². The van der Waals surface area contributed by atoms with Gasteiger partial charge in [-0.1, -0.05) is 0 Å². The van der Waals surface area contributed by atoms with Crippen LogP contribution in [0.4, 0.5) is 0 Å². The van der Waals surface area contributed by atoms with Gasteiger partial charge in [0.05, 0.1) is 6.54 Å². The summed E-state index contributed by atoms with van der Waals surface area (Å²) < 4.78 is 0. The zero-order valence-electron chi connectivity index (χ0n) is 9.24. The van der Waals surface area contributed by atoms with Crippen LogP contribution >= 0.6 is 0 Å². The molecule has 0 unspecified atom stereocenters. The van der Waals surface area contributed by atoms with E-state index in [4.69, 9.17) is 0 Å². The maximum absolute atomic E-state index is 11.5. The normalized spacial score (nSPS) is 14.9. The maximum atomic E-state index is 11.5. The number of carbonyl (C=O) groups excluding carboxylic acids is 3. The fraction of sp³-hybridized carbons (Fsp3) is 0.556. The average Bonchev–Trinajstić information content (AvgIpc) is 2.26. The number of carbonyl (C=O) groups is 3. The quantitative estimate of drug-likeness (QED) is 0.610. The van der Waals surface area contributed by atoms with Crippen molar-refractivity contribution in [2.45, 2.75) is 12.8 Å². The molecule has 7 nitrogen and oxygen atoms in total. The minimum absolute atomic E-state index is 0.0706. The van der Waals surface area contributed by atoms with Crippen LogP contribution in [0.15, 0.2) is 5.10 Å². The minimum atomic E-state index is -0.421. The second-order valence-corrected chi connectivity index (χ2v) is 3.56. The number of hydrogen-bond donors (Lipinski definition) is 2. The zero-order chi connectivity index (χ0) is 12.1. The highest BCUT2D eigenvalue weighted by molar-refractivity contribution is 6.39. The Balaban J connectivity index is 2.41. The van der Waals surface area contributed by atoms with E-state index in [2.05, 4.69) is 15.8 Å². The van der Waals surface area contributed by atoms with Crippen molar-refractivity contribution in [2.24, 2.45) is 5.10 Å². The summed E-state index contributed by atoms with van der Waals surface area (Å²) in [6.45, 7) is -0.0706. The van der Waals surface area contributed by atoms with Crippen LogP contribution in [0.1, 0.15) is 12.8 Å². The van der Waals surface area contributed by atoms with Gasteiger partial charge in [0.25, 0.3) is 5.91 Å². The number of rotatable bonds is 3. The summed E-state index contributed by atoms with van der Waals surface area (Å²) in [4.78, 5) is 34.8. The SMILES string of the molecule is CN(C)C(=O)CNC(=O)C1=NNC(=O)CC1. The second kappa shape index (κ2) is 5.24. The summed E-state index contributed by atoms with van der Waals surface area (Å²) in [6, 6.07) is 0. The number of nitrogens with one attached hydrogen (secondary N) is 2. The molecule has 16 heavy (non-hydrogen) atoms. The summed E-state index contributed by atoms with van der Waals surface area (Å²) in [5.41, 5.74) is 2.46. The molecule has 7 heteroatoms. The molecule has 1 rings (SSSR count). The van der Waals surface area contributed by atoms with Crippen LogP contribution in [0, 0.1) is 0 Å². The molecule has 0 aromatic carbocycles. The molecule has 88 valence electrons. The van der Waals surface area contributed by atoms with Gasteiger partial charge in [-0.2, -0.15) is 5.10 Å². The van der Waals surface area contributed by atoms with Crippen molar-refractivity contribution >= 4 is 23.4 Å². The van der Waals surface area contributed by atoms with Gasteiger partial charge in [-0.3, -0.25) is 14.4 Å². The maximum Gasteiger partial charge on any atom is 0.267 e. The lowest BCUT2D eigenvalue weighted by atomic mass is 10.1. The fourth-order valence-corrected chi connectivity index (χ4v) is 1.05. The van der Waals surface area contributed by atoms with Crippen molar-refractivity contribution in [3.05, 3.63) is 0 Å². The van der Waals surface area contributed by atoms with E-state index < -0.39 is 5.91 Å². The Morgan fingerprint density at radius 1 is 1.44 bits per heavy atom. The monoisotopic (exact) mass is 226 g/mol. The molecule has 0 saturated heterocycles. The van der Waals surface area contributed by atoms with E-state index in [-0.39, 0.29) is 30.5 Å². The Kier molecular flexibility index (Phi) is 3.98. The van der Waals surface area contributed by atoms with Gasteiger partial charge in [0, 0.05) is 26.9 Å². The molecule has 3 amide bonds. The van der Waals surface area contributed by atoms with E-state index in [1.807, 2.05) is 0 Å². The van der Waals surface area contributed by atoms with Crippen LogP contribution in [0.5, 0.6) is 0 Å². The third-order valence-electron chi connectivity index (χ3n) is 2.07. The average molecular weight is 226 g/mol. The molecule has 1 aliphatic heterocycles. The van der Waals surface area contributed by atoms with Crippen molar-refractivity contribution in [1.29, 1.82) is 0 Å². The van der Waals surface area contributed by atoms with E-state index in [9.17, 15) is 14.4 Å². The molecule has 0 spiro atoms. The molecule has 0 radical (unpaired) electrons. The van der Waals surface area contributed by atoms with Crippen molar-refractivity contribution in [3.63, 3.8) is 0 Å². The van der Waals surface area contributed by atoms with Gasteiger partial charge < -0.3 is 10.2 Å². The van der Waals surface area contributed by atoms with Gasteiger partial charge in [-0.05, 0) is 0 Å². The highest BCUT2D eigenvalue weighted by atomic mass is 16.2. The minimum Gasteiger partial charge on any atom is -0.347 e. The lowest BCUT2D eigenvalue weighted by molar-refractivity contribution is -0.129. The molecule has 0 atom stereocenters. The van der Waals surface area contributed by atoms with Crippen LogP contribution in [0.3, 0.4) is 0 Å².